The molecule has 0 N–H and O–H groups in total. The zero-order valence-electron chi connectivity index (χ0n) is 15.5. The Bertz CT molecular complexity index is 878. The van der Waals surface area contributed by atoms with E-state index in [0.717, 1.165) is 11.3 Å². The molecule has 0 atom stereocenters. The highest BCUT2D eigenvalue weighted by molar-refractivity contribution is 6.00. The van der Waals surface area contributed by atoms with Crippen LogP contribution in [0.15, 0.2) is 48.5 Å². The maximum atomic E-state index is 12.7. The van der Waals surface area contributed by atoms with Crippen molar-refractivity contribution in [2.45, 2.75) is 13.5 Å². The molecule has 0 unspecified atom stereocenters. The Morgan fingerprint density at radius 3 is 2.48 bits per heavy atom. The van der Waals surface area contributed by atoms with Crippen molar-refractivity contribution < 1.29 is 19.1 Å². The van der Waals surface area contributed by atoms with Crippen LogP contribution < -0.4 is 4.74 Å². The van der Waals surface area contributed by atoms with Gasteiger partial charge in [-0.15, -0.1) is 0 Å². The topological polar surface area (TPSA) is 66.9 Å². The molecular formula is C21H22N2O4. The highest BCUT2D eigenvalue weighted by Gasteiger charge is 2.28. The second kappa shape index (κ2) is 8.03. The third kappa shape index (κ3) is 4.34. The zero-order valence-corrected chi connectivity index (χ0v) is 15.5. The van der Waals surface area contributed by atoms with Gasteiger partial charge in [-0.2, -0.15) is 0 Å². The quantitative estimate of drug-likeness (QED) is 0.762. The fourth-order valence-electron chi connectivity index (χ4n) is 3.09. The van der Waals surface area contributed by atoms with E-state index in [9.17, 15) is 14.4 Å². The lowest BCUT2D eigenvalue weighted by Crippen LogP contribution is -2.51. The van der Waals surface area contributed by atoms with Gasteiger partial charge in [-0.1, -0.05) is 24.3 Å². The number of ether oxygens (including phenoxy) is 1. The van der Waals surface area contributed by atoms with Crippen molar-refractivity contribution in [3.05, 3.63) is 65.2 Å². The van der Waals surface area contributed by atoms with Gasteiger partial charge < -0.3 is 14.5 Å². The van der Waals surface area contributed by atoms with Crippen molar-refractivity contribution in [2.24, 2.45) is 0 Å². The van der Waals surface area contributed by atoms with Gasteiger partial charge in [0.05, 0.1) is 7.11 Å². The smallest absolute Gasteiger partial charge is 0.254 e. The van der Waals surface area contributed by atoms with Gasteiger partial charge in [0.1, 0.15) is 12.3 Å². The molecule has 0 aromatic heterocycles. The summed E-state index contributed by atoms with van der Waals surface area (Å²) in [6, 6.07) is 14.2. The number of carbonyl (C=O) groups excluding carboxylic acids is 3. The van der Waals surface area contributed by atoms with E-state index >= 15 is 0 Å². The normalized spacial score (nSPS) is 14.2. The molecule has 0 bridgehead atoms. The first-order valence-corrected chi connectivity index (χ1v) is 8.79. The molecule has 6 heteroatoms. The molecule has 0 saturated carbocycles. The van der Waals surface area contributed by atoms with Crippen LogP contribution in [-0.4, -0.2) is 54.1 Å². The molecule has 1 heterocycles. The number of piperazine rings is 1. The zero-order chi connectivity index (χ0) is 19.4. The van der Waals surface area contributed by atoms with Crippen LogP contribution in [0.5, 0.6) is 5.75 Å². The van der Waals surface area contributed by atoms with Crippen molar-refractivity contribution in [1.82, 2.24) is 9.80 Å². The molecule has 1 aliphatic rings. The lowest BCUT2D eigenvalue weighted by Gasteiger charge is -2.34. The summed E-state index contributed by atoms with van der Waals surface area (Å²) in [7, 11) is 1.61. The average molecular weight is 366 g/mol. The Hall–Kier alpha value is -3.15. The van der Waals surface area contributed by atoms with Gasteiger partial charge in [0.2, 0.25) is 5.91 Å². The molecule has 2 amide bonds. The minimum Gasteiger partial charge on any atom is -0.497 e. The van der Waals surface area contributed by atoms with E-state index in [2.05, 4.69) is 0 Å². The fourth-order valence-corrected chi connectivity index (χ4v) is 3.09. The Morgan fingerprint density at radius 2 is 1.78 bits per heavy atom. The largest absolute Gasteiger partial charge is 0.497 e. The number of hydrogen-bond donors (Lipinski definition) is 0. The van der Waals surface area contributed by atoms with Crippen molar-refractivity contribution >= 4 is 17.6 Å². The molecule has 2 aromatic rings. The number of rotatable bonds is 5. The monoisotopic (exact) mass is 366 g/mol. The standard InChI is InChI=1S/C21H22N2O4/c1-15(24)17-6-4-7-18(12-17)21(26)23-10-9-22(20(25)14-23)13-16-5-3-8-19(11-16)27-2/h3-8,11-12H,9-10,13-14H2,1-2H3. The summed E-state index contributed by atoms with van der Waals surface area (Å²) in [4.78, 5) is 40.0. The van der Waals surface area contributed by atoms with Crippen LogP contribution in [0.4, 0.5) is 0 Å². The summed E-state index contributed by atoms with van der Waals surface area (Å²) in [5.41, 5.74) is 1.90. The lowest BCUT2D eigenvalue weighted by atomic mass is 10.1. The highest BCUT2D eigenvalue weighted by Crippen LogP contribution is 2.17. The maximum Gasteiger partial charge on any atom is 0.254 e. The van der Waals surface area contributed by atoms with E-state index in [1.54, 1.807) is 36.3 Å². The molecule has 0 aliphatic carbocycles. The van der Waals surface area contributed by atoms with Crippen LogP contribution in [0.3, 0.4) is 0 Å². The van der Waals surface area contributed by atoms with Crippen LogP contribution in [0.1, 0.15) is 33.2 Å². The molecule has 2 aromatic carbocycles. The van der Waals surface area contributed by atoms with Gasteiger partial charge in [-0.05, 0) is 36.8 Å². The molecule has 0 spiro atoms. The fraction of sp³-hybridized carbons (Fsp3) is 0.286. The minimum atomic E-state index is -0.229. The summed E-state index contributed by atoms with van der Waals surface area (Å²) >= 11 is 0. The average Bonchev–Trinajstić information content (AvgIpc) is 2.69. The van der Waals surface area contributed by atoms with Gasteiger partial charge in [0, 0.05) is 30.8 Å². The van der Waals surface area contributed by atoms with E-state index in [4.69, 9.17) is 4.74 Å². The van der Waals surface area contributed by atoms with Gasteiger partial charge in [-0.3, -0.25) is 14.4 Å². The van der Waals surface area contributed by atoms with Crippen molar-refractivity contribution in [3.63, 3.8) is 0 Å². The van der Waals surface area contributed by atoms with E-state index < -0.39 is 0 Å². The minimum absolute atomic E-state index is 0.0348. The number of methoxy groups -OCH3 is 1. The first-order chi connectivity index (χ1) is 13.0. The highest BCUT2D eigenvalue weighted by atomic mass is 16.5. The number of carbonyl (C=O) groups is 3. The van der Waals surface area contributed by atoms with Crippen molar-refractivity contribution in [3.8, 4) is 5.75 Å². The second-order valence-electron chi connectivity index (χ2n) is 6.53. The molecule has 0 radical (unpaired) electrons. The molecule has 27 heavy (non-hydrogen) atoms. The SMILES string of the molecule is COc1cccc(CN2CCN(C(=O)c3cccc(C(C)=O)c3)CC2=O)c1. The molecule has 1 aliphatic heterocycles. The van der Waals surface area contributed by atoms with Crippen molar-refractivity contribution in [1.29, 1.82) is 0 Å². The molecule has 1 fully saturated rings. The molecule has 140 valence electrons. The summed E-state index contributed by atoms with van der Waals surface area (Å²) < 4.78 is 5.21. The first-order valence-electron chi connectivity index (χ1n) is 8.79. The van der Waals surface area contributed by atoms with Gasteiger partial charge in [0.25, 0.3) is 5.91 Å². The summed E-state index contributed by atoms with van der Waals surface area (Å²) in [6.07, 6.45) is 0. The van der Waals surface area contributed by atoms with Crippen LogP contribution in [0.25, 0.3) is 0 Å². The van der Waals surface area contributed by atoms with E-state index in [1.807, 2.05) is 24.3 Å². The number of Topliss-reactive ketones (excluding diaryl/α,β-unsaturated/α-hetero) is 1. The predicted octanol–water partition coefficient (Wildman–Crippen LogP) is 2.38. The number of ketones is 1. The molecule has 1 saturated heterocycles. The van der Waals surface area contributed by atoms with Crippen LogP contribution in [0.2, 0.25) is 0 Å². The second-order valence-corrected chi connectivity index (χ2v) is 6.53. The maximum absolute atomic E-state index is 12.7. The van der Waals surface area contributed by atoms with Crippen molar-refractivity contribution in [2.75, 3.05) is 26.7 Å². The lowest BCUT2D eigenvalue weighted by molar-refractivity contribution is -0.135. The third-order valence-corrected chi connectivity index (χ3v) is 4.63. The number of benzene rings is 2. The number of nitrogens with zero attached hydrogens (tertiary/aromatic N) is 2. The summed E-state index contributed by atoms with van der Waals surface area (Å²) in [6.45, 7) is 2.91. The number of amides is 2. The van der Waals surface area contributed by atoms with Gasteiger partial charge in [0.15, 0.2) is 5.78 Å². The van der Waals surface area contributed by atoms with E-state index in [1.165, 1.54) is 11.8 Å². The Balaban J connectivity index is 1.65. The first kappa shape index (κ1) is 18.6. The summed E-state index contributed by atoms with van der Waals surface area (Å²) in [5.74, 6) is 0.329. The van der Waals surface area contributed by atoms with E-state index in [-0.39, 0.29) is 24.1 Å². The van der Waals surface area contributed by atoms with Crippen LogP contribution in [0, 0.1) is 0 Å². The predicted molar refractivity (Wildman–Crippen MR) is 101 cm³/mol. The van der Waals surface area contributed by atoms with Crippen LogP contribution >= 0.6 is 0 Å². The molecular weight excluding hydrogens is 344 g/mol. The van der Waals surface area contributed by atoms with Crippen LogP contribution in [-0.2, 0) is 11.3 Å². The van der Waals surface area contributed by atoms with Gasteiger partial charge in [-0.25, -0.2) is 0 Å². The van der Waals surface area contributed by atoms with Gasteiger partial charge >= 0.3 is 0 Å². The number of hydrogen-bond acceptors (Lipinski definition) is 4. The third-order valence-electron chi connectivity index (χ3n) is 4.63. The Kier molecular flexibility index (Phi) is 5.54. The van der Waals surface area contributed by atoms with E-state index in [0.29, 0.717) is 30.8 Å². The Morgan fingerprint density at radius 1 is 1.04 bits per heavy atom. The summed E-state index contributed by atoms with van der Waals surface area (Å²) in [5, 5.41) is 0. The Labute approximate surface area is 158 Å². The molecule has 3 rings (SSSR count). The molecule has 6 nitrogen and oxygen atoms in total.